The average molecular weight is 190 g/mol. The Kier molecular flexibility index (Phi) is 5.55. The first-order valence-corrected chi connectivity index (χ1v) is 6.83. The Balaban J connectivity index is 1.73. The molecule has 0 aromatic rings. The predicted octanol–water partition coefficient (Wildman–Crippen LogP) is 3.42. The van der Waals surface area contributed by atoms with Crippen molar-refractivity contribution in [1.82, 2.24) is 0 Å². The van der Waals surface area contributed by atoms with Gasteiger partial charge in [-0.2, -0.15) is 23.5 Å². The summed E-state index contributed by atoms with van der Waals surface area (Å²) in [6.07, 6.45) is 5.69. The Morgan fingerprint density at radius 2 is 2.09 bits per heavy atom. The summed E-state index contributed by atoms with van der Waals surface area (Å²) in [6, 6.07) is 0. The maximum atomic E-state index is 2.27. The van der Waals surface area contributed by atoms with E-state index in [-0.39, 0.29) is 0 Å². The highest BCUT2D eigenvalue weighted by molar-refractivity contribution is 8.07. The minimum absolute atomic E-state index is 1.02. The molecular formula is C9H18S2. The second kappa shape index (κ2) is 6.24. The lowest BCUT2D eigenvalue weighted by atomic mass is 10.2. The van der Waals surface area contributed by atoms with Crippen LogP contribution in [0.1, 0.15) is 32.6 Å². The van der Waals surface area contributed by atoms with E-state index in [1.807, 2.05) is 0 Å². The monoisotopic (exact) mass is 190 g/mol. The summed E-state index contributed by atoms with van der Waals surface area (Å²) in [6.45, 7) is 2.27. The van der Waals surface area contributed by atoms with Crippen molar-refractivity contribution in [3.8, 4) is 0 Å². The van der Waals surface area contributed by atoms with Crippen LogP contribution in [0.15, 0.2) is 0 Å². The number of thioether (sulfide) groups is 2. The van der Waals surface area contributed by atoms with Gasteiger partial charge in [-0.15, -0.1) is 0 Å². The molecule has 1 aliphatic rings. The normalized spacial score (nSPS) is 18.3. The lowest BCUT2D eigenvalue weighted by Gasteiger charge is -2.23. The summed E-state index contributed by atoms with van der Waals surface area (Å²) in [5.74, 6) is 4.24. The van der Waals surface area contributed by atoms with Gasteiger partial charge in [0.1, 0.15) is 0 Å². The molecule has 1 fully saturated rings. The van der Waals surface area contributed by atoms with Gasteiger partial charge in [0.15, 0.2) is 0 Å². The molecule has 0 amide bonds. The molecule has 0 aromatic heterocycles. The van der Waals surface area contributed by atoms with Crippen molar-refractivity contribution in [3.05, 3.63) is 0 Å². The Morgan fingerprint density at radius 1 is 1.27 bits per heavy atom. The lowest BCUT2D eigenvalue weighted by Crippen LogP contribution is -2.20. The molecule has 2 heteroatoms. The molecule has 0 nitrogen and oxygen atoms in total. The van der Waals surface area contributed by atoms with Gasteiger partial charge in [-0.1, -0.05) is 26.2 Å². The highest BCUT2D eigenvalue weighted by atomic mass is 32.2. The number of hydrogen-bond donors (Lipinski definition) is 0. The molecule has 0 spiro atoms. The average Bonchev–Trinajstić information content (AvgIpc) is 1.93. The summed E-state index contributed by atoms with van der Waals surface area (Å²) in [4.78, 5) is 0. The van der Waals surface area contributed by atoms with E-state index in [0.29, 0.717) is 0 Å². The zero-order chi connectivity index (χ0) is 7.94. The van der Waals surface area contributed by atoms with Gasteiger partial charge in [0.05, 0.1) is 0 Å². The second-order valence-corrected chi connectivity index (χ2v) is 5.57. The van der Waals surface area contributed by atoms with E-state index < -0.39 is 0 Å². The third-order valence-corrected chi connectivity index (χ3v) is 4.99. The standard InChI is InChI=1S/C9H18S2/c1-2-3-4-5-6-11-9-7-10-8-9/h9H,2-8H2,1H3. The molecule has 1 rings (SSSR count). The smallest absolute Gasteiger partial charge is 0.0228 e. The summed E-state index contributed by atoms with van der Waals surface area (Å²) in [7, 11) is 0. The minimum atomic E-state index is 1.02. The van der Waals surface area contributed by atoms with Gasteiger partial charge in [0.25, 0.3) is 0 Å². The van der Waals surface area contributed by atoms with Crippen molar-refractivity contribution >= 4 is 23.5 Å². The van der Waals surface area contributed by atoms with E-state index >= 15 is 0 Å². The zero-order valence-electron chi connectivity index (χ0n) is 7.34. The van der Waals surface area contributed by atoms with Crippen LogP contribution in [0, 0.1) is 0 Å². The van der Waals surface area contributed by atoms with Crippen molar-refractivity contribution in [3.63, 3.8) is 0 Å². The zero-order valence-corrected chi connectivity index (χ0v) is 8.98. The van der Waals surface area contributed by atoms with E-state index in [2.05, 4.69) is 30.4 Å². The second-order valence-electron chi connectivity index (χ2n) is 3.09. The van der Waals surface area contributed by atoms with Gasteiger partial charge >= 0.3 is 0 Å². The molecule has 0 aliphatic carbocycles. The quantitative estimate of drug-likeness (QED) is 0.589. The van der Waals surface area contributed by atoms with Gasteiger partial charge in [-0.05, 0) is 12.2 Å². The molecule has 1 aliphatic heterocycles. The minimum Gasteiger partial charge on any atom is -0.160 e. The molecule has 0 radical (unpaired) electrons. The van der Waals surface area contributed by atoms with Gasteiger partial charge in [0.2, 0.25) is 0 Å². The summed E-state index contributed by atoms with van der Waals surface area (Å²) in [5.41, 5.74) is 0. The Bertz CT molecular complexity index is 89.6. The predicted molar refractivity (Wildman–Crippen MR) is 57.7 cm³/mol. The maximum Gasteiger partial charge on any atom is 0.0228 e. The van der Waals surface area contributed by atoms with Gasteiger partial charge in [0, 0.05) is 16.8 Å². The van der Waals surface area contributed by atoms with E-state index in [4.69, 9.17) is 0 Å². The number of unbranched alkanes of at least 4 members (excludes halogenated alkanes) is 3. The SMILES string of the molecule is CCCCCCSC1CSC1. The highest BCUT2D eigenvalue weighted by Gasteiger charge is 2.17. The van der Waals surface area contributed by atoms with Crippen LogP contribution in [0.2, 0.25) is 0 Å². The Hall–Kier alpha value is 0.700. The van der Waals surface area contributed by atoms with Crippen LogP contribution < -0.4 is 0 Å². The van der Waals surface area contributed by atoms with Crippen LogP contribution >= 0.6 is 23.5 Å². The van der Waals surface area contributed by atoms with E-state index in [1.54, 1.807) is 0 Å². The third kappa shape index (κ3) is 4.32. The molecule has 0 saturated carbocycles. The number of rotatable bonds is 6. The van der Waals surface area contributed by atoms with Gasteiger partial charge < -0.3 is 0 Å². The topological polar surface area (TPSA) is 0 Å². The molecule has 0 aromatic carbocycles. The first-order valence-electron chi connectivity index (χ1n) is 4.63. The van der Waals surface area contributed by atoms with Crippen molar-refractivity contribution in [2.24, 2.45) is 0 Å². The molecule has 0 atom stereocenters. The van der Waals surface area contributed by atoms with Crippen LogP contribution in [0.25, 0.3) is 0 Å². The summed E-state index contributed by atoms with van der Waals surface area (Å²) < 4.78 is 0. The van der Waals surface area contributed by atoms with Crippen molar-refractivity contribution in [2.45, 2.75) is 37.9 Å². The Morgan fingerprint density at radius 3 is 2.64 bits per heavy atom. The molecule has 1 saturated heterocycles. The first-order chi connectivity index (χ1) is 5.43. The van der Waals surface area contributed by atoms with Crippen LogP contribution in [-0.2, 0) is 0 Å². The lowest BCUT2D eigenvalue weighted by molar-refractivity contribution is 0.706. The van der Waals surface area contributed by atoms with Crippen LogP contribution in [0.3, 0.4) is 0 Å². The fraction of sp³-hybridized carbons (Fsp3) is 1.00. The largest absolute Gasteiger partial charge is 0.160 e. The summed E-state index contributed by atoms with van der Waals surface area (Å²) in [5, 5.41) is 1.02. The summed E-state index contributed by atoms with van der Waals surface area (Å²) >= 11 is 4.29. The number of hydrogen-bond acceptors (Lipinski definition) is 2. The van der Waals surface area contributed by atoms with E-state index in [9.17, 15) is 0 Å². The highest BCUT2D eigenvalue weighted by Crippen LogP contribution is 2.29. The van der Waals surface area contributed by atoms with Crippen LogP contribution in [-0.4, -0.2) is 22.5 Å². The van der Waals surface area contributed by atoms with E-state index in [1.165, 1.54) is 42.9 Å². The maximum absolute atomic E-state index is 2.27. The molecule has 0 N–H and O–H groups in total. The molecule has 1 heterocycles. The van der Waals surface area contributed by atoms with Crippen molar-refractivity contribution < 1.29 is 0 Å². The fourth-order valence-electron chi connectivity index (χ4n) is 1.09. The molecular weight excluding hydrogens is 172 g/mol. The van der Waals surface area contributed by atoms with Gasteiger partial charge in [-0.25, -0.2) is 0 Å². The van der Waals surface area contributed by atoms with E-state index in [0.717, 1.165) is 5.25 Å². The molecule has 0 unspecified atom stereocenters. The fourth-order valence-corrected chi connectivity index (χ4v) is 3.57. The van der Waals surface area contributed by atoms with Crippen molar-refractivity contribution in [2.75, 3.05) is 17.3 Å². The van der Waals surface area contributed by atoms with Crippen molar-refractivity contribution in [1.29, 1.82) is 0 Å². The van der Waals surface area contributed by atoms with Crippen LogP contribution in [0.4, 0.5) is 0 Å². The first kappa shape index (κ1) is 9.79. The molecule has 11 heavy (non-hydrogen) atoms. The Labute approximate surface area is 78.9 Å². The van der Waals surface area contributed by atoms with Gasteiger partial charge in [-0.3, -0.25) is 0 Å². The molecule has 0 bridgehead atoms. The third-order valence-electron chi connectivity index (χ3n) is 1.96. The van der Waals surface area contributed by atoms with Crippen LogP contribution in [0.5, 0.6) is 0 Å². The molecule has 66 valence electrons.